The zero-order chi connectivity index (χ0) is 15.2. The molecule has 3 N–H and O–H groups in total. The molecule has 114 valence electrons. The molecule has 0 spiro atoms. The highest BCUT2D eigenvalue weighted by molar-refractivity contribution is 7.99. The molecule has 0 aliphatic carbocycles. The van der Waals surface area contributed by atoms with Crippen molar-refractivity contribution in [3.63, 3.8) is 0 Å². The van der Waals surface area contributed by atoms with E-state index in [4.69, 9.17) is 4.74 Å². The molecule has 21 heavy (non-hydrogen) atoms. The van der Waals surface area contributed by atoms with E-state index in [1.807, 2.05) is 11.8 Å². The fourth-order valence-electron chi connectivity index (χ4n) is 2.12. The molecule has 7 heteroatoms. The number of carboxylic acids is 1. The normalized spacial score (nSPS) is 15.3. The summed E-state index contributed by atoms with van der Waals surface area (Å²) in [5, 5.41) is 14.7. The molecule has 1 heterocycles. The molecule has 1 aromatic carbocycles. The van der Waals surface area contributed by atoms with Crippen molar-refractivity contribution < 1.29 is 19.4 Å². The van der Waals surface area contributed by atoms with Crippen LogP contribution < -0.4 is 15.4 Å². The molecule has 1 aliphatic heterocycles. The van der Waals surface area contributed by atoms with Crippen LogP contribution in [0.3, 0.4) is 0 Å². The second kappa shape index (κ2) is 7.21. The molecule has 6 nitrogen and oxygen atoms in total. The summed E-state index contributed by atoms with van der Waals surface area (Å²) in [6.07, 6.45) is 1.87. The predicted molar refractivity (Wildman–Crippen MR) is 82.5 cm³/mol. The number of methoxy groups -OCH3 is 1. The zero-order valence-electron chi connectivity index (χ0n) is 11.7. The van der Waals surface area contributed by atoms with Gasteiger partial charge in [0.05, 0.1) is 18.4 Å². The SMILES string of the molecule is COc1ccc(NC(=O)NC2CCSCC2)c(C(=O)O)c1. The summed E-state index contributed by atoms with van der Waals surface area (Å²) in [6.45, 7) is 0. The number of rotatable bonds is 4. The molecule has 2 rings (SSSR count). The summed E-state index contributed by atoms with van der Waals surface area (Å²) in [4.78, 5) is 23.2. The number of hydrogen-bond acceptors (Lipinski definition) is 4. The van der Waals surface area contributed by atoms with Gasteiger partial charge in [0.2, 0.25) is 0 Å². The number of ether oxygens (including phenoxy) is 1. The standard InChI is InChI=1S/C14H18N2O4S/c1-20-10-2-3-12(11(8-10)13(17)18)16-14(19)15-9-4-6-21-7-5-9/h2-3,8-9H,4-7H2,1H3,(H,17,18)(H2,15,16,19). The van der Waals surface area contributed by atoms with Crippen LogP contribution in [0.5, 0.6) is 5.75 Å². The first-order valence-electron chi connectivity index (χ1n) is 6.66. The Morgan fingerprint density at radius 3 is 2.67 bits per heavy atom. The Kier molecular flexibility index (Phi) is 5.32. The van der Waals surface area contributed by atoms with E-state index in [0.717, 1.165) is 24.3 Å². The number of carboxylic acid groups (broad SMARTS) is 1. The minimum absolute atomic E-state index is 0.00343. The second-order valence-electron chi connectivity index (χ2n) is 4.70. The van der Waals surface area contributed by atoms with Crippen molar-refractivity contribution in [3.05, 3.63) is 23.8 Å². The fourth-order valence-corrected chi connectivity index (χ4v) is 3.23. The van der Waals surface area contributed by atoms with Crippen LogP contribution in [-0.2, 0) is 0 Å². The Morgan fingerprint density at radius 1 is 1.33 bits per heavy atom. The lowest BCUT2D eigenvalue weighted by Crippen LogP contribution is -2.40. The van der Waals surface area contributed by atoms with Gasteiger partial charge in [-0.25, -0.2) is 9.59 Å². The molecule has 0 atom stereocenters. The van der Waals surface area contributed by atoms with Gasteiger partial charge < -0.3 is 20.5 Å². The lowest BCUT2D eigenvalue weighted by molar-refractivity contribution is 0.0697. The van der Waals surface area contributed by atoms with E-state index in [2.05, 4.69) is 10.6 Å². The second-order valence-corrected chi connectivity index (χ2v) is 5.93. The van der Waals surface area contributed by atoms with E-state index in [1.165, 1.54) is 19.2 Å². The smallest absolute Gasteiger partial charge is 0.337 e. The maximum Gasteiger partial charge on any atom is 0.337 e. The Hall–Kier alpha value is -1.89. The summed E-state index contributed by atoms with van der Waals surface area (Å²) in [6, 6.07) is 4.30. The molecule has 1 fully saturated rings. The first-order valence-corrected chi connectivity index (χ1v) is 7.82. The number of urea groups is 1. The molecule has 2 amide bonds. The van der Waals surface area contributed by atoms with Crippen molar-refractivity contribution in [2.75, 3.05) is 23.9 Å². The van der Waals surface area contributed by atoms with Gasteiger partial charge in [0.25, 0.3) is 0 Å². The molecular formula is C14H18N2O4S. The number of anilines is 1. The van der Waals surface area contributed by atoms with Crippen molar-refractivity contribution >= 4 is 29.4 Å². The molecule has 1 saturated heterocycles. The highest BCUT2D eigenvalue weighted by atomic mass is 32.2. The number of carbonyl (C=O) groups excluding carboxylic acids is 1. The van der Waals surface area contributed by atoms with Gasteiger partial charge in [-0.15, -0.1) is 0 Å². The van der Waals surface area contributed by atoms with Gasteiger partial charge in [0.15, 0.2) is 0 Å². The summed E-state index contributed by atoms with van der Waals surface area (Å²) < 4.78 is 4.99. The minimum atomic E-state index is -1.11. The van der Waals surface area contributed by atoms with Crippen LogP contribution in [0.4, 0.5) is 10.5 Å². The van der Waals surface area contributed by atoms with Crippen molar-refractivity contribution in [1.82, 2.24) is 5.32 Å². The van der Waals surface area contributed by atoms with Crippen LogP contribution in [0.25, 0.3) is 0 Å². The van der Waals surface area contributed by atoms with E-state index >= 15 is 0 Å². The van der Waals surface area contributed by atoms with Gasteiger partial charge in [-0.05, 0) is 42.5 Å². The Morgan fingerprint density at radius 2 is 2.05 bits per heavy atom. The molecule has 1 aromatic rings. The maximum absolute atomic E-state index is 12.0. The fraction of sp³-hybridized carbons (Fsp3) is 0.429. The summed E-state index contributed by atoms with van der Waals surface area (Å²) in [5.74, 6) is 1.39. The molecule has 0 radical (unpaired) electrons. The monoisotopic (exact) mass is 310 g/mol. The topological polar surface area (TPSA) is 87.7 Å². The van der Waals surface area contributed by atoms with Gasteiger partial charge >= 0.3 is 12.0 Å². The first-order chi connectivity index (χ1) is 10.1. The van der Waals surface area contributed by atoms with Crippen LogP contribution in [-0.4, -0.2) is 41.8 Å². The van der Waals surface area contributed by atoms with Crippen LogP contribution in [0, 0.1) is 0 Å². The molecular weight excluding hydrogens is 292 g/mol. The number of aromatic carboxylic acids is 1. The van der Waals surface area contributed by atoms with Gasteiger partial charge in [-0.2, -0.15) is 11.8 Å². The molecule has 0 aromatic heterocycles. The predicted octanol–water partition coefficient (Wildman–Crippen LogP) is 2.41. The van der Waals surface area contributed by atoms with Crippen molar-refractivity contribution in [3.8, 4) is 5.75 Å². The lowest BCUT2D eigenvalue weighted by atomic mass is 10.1. The highest BCUT2D eigenvalue weighted by Crippen LogP contribution is 2.22. The molecule has 0 bridgehead atoms. The number of hydrogen-bond donors (Lipinski definition) is 3. The van der Waals surface area contributed by atoms with Crippen LogP contribution >= 0.6 is 11.8 Å². The molecule has 1 aliphatic rings. The van der Waals surface area contributed by atoms with Crippen LogP contribution in [0.1, 0.15) is 23.2 Å². The average molecular weight is 310 g/mol. The molecule has 0 unspecified atom stereocenters. The van der Waals surface area contributed by atoms with Crippen LogP contribution in [0.2, 0.25) is 0 Å². The summed E-state index contributed by atoms with van der Waals surface area (Å²) in [5.41, 5.74) is 0.259. The van der Waals surface area contributed by atoms with Crippen LogP contribution in [0.15, 0.2) is 18.2 Å². The van der Waals surface area contributed by atoms with E-state index in [1.54, 1.807) is 6.07 Å². The zero-order valence-corrected chi connectivity index (χ0v) is 12.5. The minimum Gasteiger partial charge on any atom is -0.497 e. The van der Waals surface area contributed by atoms with Gasteiger partial charge in [-0.3, -0.25) is 0 Å². The number of carbonyl (C=O) groups is 2. The van der Waals surface area contributed by atoms with Gasteiger partial charge in [-0.1, -0.05) is 0 Å². The van der Waals surface area contributed by atoms with Crippen molar-refractivity contribution in [2.45, 2.75) is 18.9 Å². The van der Waals surface area contributed by atoms with E-state index < -0.39 is 5.97 Å². The summed E-state index contributed by atoms with van der Waals surface area (Å²) >= 11 is 1.88. The number of benzene rings is 1. The lowest BCUT2D eigenvalue weighted by Gasteiger charge is -2.22. The molecule has 0 saturated carbocycles. The Labute approximate surface area is 127 Å². The first kappa shape index (κ1) is 15.5. The third kappa shape index (κ3) is 4.29. The van der Waals surface area contributed by atoms with E-state index in [-0.39, 0.29) is 23.3 Å². The Balaban J connectivity index is 2.04. The van der Waals surface area contributed by atoms with Crippen molar-refractivity contribution in [1.29, 1.82) is 0 Å². The summed E-state index contributed by atoms with van der Waals surface area (Å²) in [7, 11) is 1.46. The largest absolute Gasteiger partial charge is 0.497 e. The maximum atomic E-state index is 12.0. The van der Waals surface area contributed by atoms with Gasteiger partial charge in [0, 0.05) is 6.04 Å². The number of thioether (sulfide) groups is 1. The number of amides is 2. The van der Waals surface area contributed by atoms with Gasteiger partial charge in [0.1, 0.15) is 5.75 Å². The highest BCUT2D eigenvalue weighted by Gasteiger charge is 2.18. The number of nitrogens with one attached hydrogen (secondary N) is 2. The Bertz CT molecular complexity index is 530. The van der Waals surface area contributed by atoms with E-state index in [9.17, 15) is 14.7 Å². The third-order valence-corrected chi connectivity index (χ3v) is 4.31. The third-order valence-electron chi connectivity index (χ3n) is 3.26. The van der Waals surface area contributed by atoms with E-state index in [0.29, 0.717) is 5.75 Å². The average Bonchev–Trinajstić information content (AvgIpc) is 2.48. The van der Waals surface area contributed by atoms with Crippen molar-refractivity contribution in [2.24, 2.45) is 0 Å². The quantitative estimate of drug-likeness (QED) is 0.795.